The third-order valence-electron chi connectivity index (χ3n) is 2.92. The van der Waals surface area contributed by atoms with Crippen LogP contribution in [0.5, 0.6) is 5.75 Å². The molecule has 0 aliphatic carbocycles. The van der Waals surface area contributed by atoms with Crippen LogP contribution in [-0.4, -0.2) is 7.11 Å². The number of benzene rings is 2. The van der Waals surface area contributed by atoms with Crippen LogP contribution in [0.3, 0.4) is 0 Å². The molecule has 0 amide bonds. The molecule has 0 aliphatic heterocycles. The van der Waals surface area contributed by atoms with E-state index in [1.807, 2.05) is 0 Å². The fraction of sp³-hybridized carbons (Fsp3) is 0.143. The van der Waals surface area contributed by atoms with Crippen LogP contribution in [0.15, 0.2) is 30.3 Å². The fourth-order valence-corrected chi connectivity index (χ4v) is 2.02. The molecule has 106 valence electrons. The molecule has 0 aliphatic rings. The van der Waals surface area contributed by atoms with E-state index in [9.17, 15) is 13.2 Å². The van der Waals surface area contributed by atoms with Gasteiger partial charge < -0.3 is 10.5 Å². The number of ether oxygens (including phenoxy) is 1. The van der Waals surface area contributed by atoms with E-state index in [0.29, 0.717) is 0 Å². The van der Waals surface area contributed by atoms with Gasteiger partial charge in [0.25, 0.3) is 0 Å². The molecule has 0 saturated carbocycles. The van der Waals surface area contributed by atoms with Gasteiger partial charge in [0, 0.05) is 11.1 Å². The first-order chi connectivity index (χ1) is 9.45. The van der Waals surface area contributed by atoms with Gasteiger partial charge in [-0.25, -0.2) is 13.2 Å². The standard InChI is InChI=1S/C14H11ClF3NO/c1-20-12-4-2-3-7(13(12)18)14(19)8-5-11(17)9(15)6-10(8)16/h2-6,14H,19H2,1H3. The van der Waals surface area contributed by atoms with Gasteiger partial charge in [-0.2, -0.15) is 0 Å². The van der Waals surface area contributed by atoms with Crippen molar-refractivity contribution in [2.24, 2.45) is 5.73 Å². The molecule has 20 heavy (non-hydrogen) atoms. The zero-order valence-corrected chi connectivity index (χ0v) is 11.2. The lowest BCUT2D eigenvalue weighted by atomic mass is 9.98. The highest BCUT2D eigenvalue weighted by Gasteiger charge is 2.21. The minimum absolute atomic E-state index is 0.00460. The van der Waals surface area contributed by atoms with E-state index >= 15 is 0 Å². The Morgan fingerprint density at radius 2 is 1.80 bits per heavy atom. The van der Waals surface area contributed by atoms with E-state index in [1.54, 1.807) is 0 Å². The molecule has 6 heteroatoms. The lowest BCUT2D eigenvalue weighted by Crippen LogP contribution is -2.16. The fourth-order valence-electron chi connectivity index (χ4n) is 1.87. The second kappa shape index (κ2) is 5.73. The van der Waals surface area contributed by atoms with Crippen LogP contribution in [0.1, 0.15) is 17.2 Å². The molecule has 2 aromatic rings. The van der Waals surface area contributed by atoms with Gasteiger partial charge in [-0.3, -0.25) is 0 Å². The Labute approximate surface area is 118 Å². The molecule has 0 heterocycles. The summed E-state index contributed by atoms with van der Waals surface area (Å²) in [5.41, 5.74) is 5.64. The highest BCUT2D eigenvalue weighted by Crippen LogP contribution is 2.30. The molecule has 2 rings (SSSR count). The van der Waals surface area contributed by atoms with Crippen molar-refractivity contribution < 1.29 is 17.9 Å². The van der Waals surface area contributed by atoms with Gasteiger partial charge in [0.1, 0.15) is 11.6 Å². The van der Waals surface area contributed by atoms with Crippen molar-refractivity contribution in [2.45, 2.75) is 6.04 Å². The van der Waals surface area contributed by atoms with Gasteiger partial charge in [-0.15, -0.1) is 0 Å². The molecule has 1 atom stereocenters. The van der Waals surface area contributed by atoms with Gasteiger partial charge in [0.2, 0.25) is 0 Å². The van der Waals surface area contributed by atoms with Crippen molar-refractivity contribution in [3.63, 3.8) is 0 Å². The monoisotopic (exact) mass is 301 g/mol. The highest BCUT2D eigenvalue weighted by molar-refractivity contribution is 6.30. The maximum Gasteiger partial charge on any atom is 0.170 e. The largest absolute Gasteiger partial charge is 0.494 e. The van der Waals surface area contributed by atoms with E-state index in [1.165, 1.54) is 25.3 Å². The number of rotatable bonds is 3. The molecule has 0 aromatic heterocycles. The van der Waals surface area contributed by atoms with E-state index in [4.69, 9.17) is 22.1 Å². The predicted molar refractivity (Wildman–Crippen MR) is 70.4 cm³/mol. The van der Waals surface area contributed by atoms with E-state index < -0.39 is 23.5 Å². The molecule has 0 bridgehead atoms. The third kappa shape index (κ3) is 2.59. The van der Waals surface area contributed by atoms with Crippen LogP contribution >= 0.6 is 11.6 Å². The minimum atomic E-state index is -1.17. The van der Waals surface area contributed by atoms with Crippen LogP contribution in [0, 0.1) is 17.5 Å². The maximum absolute atomic E-state index is 14.1. The van der Waals surface area contributed by atoms with Crippen molar-refractivity contribution in [1.82, 2.24) is 0 Å². The average Bonchev–Trinajstić information content (AvgIpc) is 2.42. The summed E-state index contributed by atoms with van der Waals surface area (Å²) in [6.07, 6.45) is 0. The Hall–Kier alpha value is -1.72. The Bertz CT molecular complexity index is 649. The predicted octanol–water partition coefficient (Wildman–Crippen LogP) is 3.81. The minimum Gasteiger partial charge on any atom is -0.494 e. The number of nitrogens with two attached hydrogens (primary N) is 1. The van der Waals surface area contributed by atoms with Crippen molar-refractivity contribution in [2.75, 3.05) is 7.11 Å². The smallest absolute Gasteiger partial charge is 0.170 e. The zero-order valence-electron chi connectivity index (χ0n) is 10.5. The number of methoxy groups -OCH3 is 1. The highest BCUT2D eigenvalue weighted by atomic mass is 35.5. The van der Waals surface area contributed by atoms with Gasteiger partial charge >= 0.3 is 0 Å². The second-order valence-corrected chi connectivity index (χ2v) is 4.54. The number of halogens is 4. The Morgan fingerprint density at radius 1 is 1.10 bits per heavy atom. The molecule has 0 fully saturated rings. The quantitative estimate of drug-likeness (QED) is 0.875. The molecular formula is C14H11ClF3NO. The normalized spacial score (nSPS) is 12.3. The van der Waals surface area contributed by atoms with Crippen LogP contribution in [0.25, 0.3) is 0 Å². The lowest BCUT2D eigenvalue weighted by molar-refractivity contribution is 0.383. The summed E-state index contributed by atoms with van der Waals surface area (Å²) in [6, 6.07) is 4.81. The van der Waals surface area contributed by atoms with Crippen molar-refractivity contribution >= 4 is 11.6 Å². The van der Waals surface area contributed by atoms with E-state index in [0.717, 1.165) is 12.1 Å². The first-order valence-electron chi connectivity index (χ1n) is 5.68. The number of hydrogen-bond acceptors (Lipinski definition) is 2. The van der Waals surface area contributed by atoms with Crippen molar-refractivity contribution in [3.05, 3.63) is 63.9 Å². The summed E-state index contributed by atoms with van der Waals surface area (Å²) in [5, 5.41) is -0.357. The van der Waals surface area contributed by atoms with Gasteiger partial charge in [0.15, 0.2) is 11.6 Å². The van der Waals surface area contributed by atoms with E-state index in [2.05, 4.69) is 0 Å². The summed E-state index contributed by atoms with van der Waals surface area (Å²) in [5.74, 6) is -2.35. The lowest BCUT2D eigenvalue weighted by Gasteiger charge is -2.16. The van der Waals surface area contributed by atoms with E-state index in [-0.39, 0.29) is 21.9 Å². The van der Waals surface area contributed by atoms with Gasteiger partial charge in [0.05, 0.1) is 18.2 Å². The molecule has 2 nitrogen and oxygen atoms in total. The first kappa shape index (κ1) is 14.7. The molecular weight excluding hydrogens is 291 g/mol. The Morgan fingerprint density at radius 3 is 2.45 bits per heavy atom. The van der Waals surface area contributed by atoms with Crippen LogP contribution in [0.4, 0.5) is 13.2 Å². The summed E-state index contributed by atoms with van der Waals surface area (Å²) in [7, 11) is 1.30. The first-order valence-corrected chi connectivity index (χ1v) is 6.06. The summed E-state index contributed by atoms with van der Waals surface area (Å²) >= 11 is 5.47. The summed E-state index contributed by atoms with van der Waals surface area (Å²) < 4.78 is 46.1. The van der Waals surface area contributed by atoms with Crippen LogP contribution < -0.4 is 10.5 Å². The van der Waals surface area contributed by atoms with Crippen molar-refractivity contribution in [1.29, 1.82) is 0 Å². The average molecular weight is 302 g/mol. The Balaban J connectivity index is 2.52. The third-order valence-corrected chi connectivity index (χ3v) is 3.21. The maximum atomic E-state index is 14.1. The van der Waals surface area contributed by atoms with Crippen LogP contribution in [0.2, 0.25) is 5.02 Å². The Kier molecular flexibility index (Phi) is 4.20. The van der Waals surface area contributed by atoms with Crippen LogP contribution in [-0.2, 0) is 0 Å². The molecule has 2 N–H and O–H groups in total. The molecule has 0 saturated heterocycles. The van der Waals surface area contributed by atoms with Gasteiger partial charge in [-0.05, 0) is 18.2 Å². The molecule has 0 spiro atoms. The second-order valence-electron chi connectivity index (χ2n) is 4.13. The summed E-state index contributed by atoms with van der Waals surface area (Å²) in [6.45, 7) is 0. The van der Waals surface area contributed by atoms with Crippen molar-refractivity contribution in [3.8, 4) is 5.75 Å². The molecule has 2 aromatic carbocycles. The SMILES string of the molecule is COc1cccc(C(N)c2cc(F)c(Cl)cc2F)c1F. The molecule has 1 unspecified atom stereocenters. The molecule has 0 radical (unpaired) electrons. The number of hydrogen-bond donors (Lipinski definition) is 1. The topological polar surface area (TPSA) is 35.2 Å². The van der Waals surface area contributed by atoms with Gasteiger partial charge in [-0.1, -0.05) is 23.7 Å². The zero-order chi connectivity index (χ0) is 14.9. The summed E-state index contributed by atoms with van der Waals surface area (Å²) in [4.78, 5) is 0.